The summed E-state index contributed by atoms with van der Waals surface area (Å²) in [6.07, 6.45) is 0. The molecule has 0 bridgehead atoms. The number of nitro groups is 1. The van der Waals surface area contributed by atoms with Crippen LogP contribution in [0.2, 0.25) is 0 Å². The minimum absolute atomic E-state index is 0.00368. The van der Waals surface area contributed by atoms with Crippen molar-refractivity contribution in [1.29, 1.82) is 0 Å². The molecule has 0 fully saturated rings. The molecule has 0 aliphatic carbocycles. The Balaban J connectivity index is 1.66. The van der Waals surface area contributed by atoms with Crippen molar-refractivity contribution in [2.24, 2.45) is 0 Å². The highest BCUT2D eigenvalue weighted by Gasteiger charge is 2.14. The zero-order valence-electron chi connectivity index (χ0n) is 13.4. The molecule has 3 rings (SSSR count). The predicted molar refractivity (Wildman–Crippen MR) is 96.6 cm³/mol. The van der Waals surface area contributed by atoms with Crippen LogP contribution in [0.15, 0.2) is 53.9 Å². The maximum absolute atomic E-state index is 12.2. The maximum atomic E-state index is 12.2. The first-order chi connectivity index (χ1) is 12.0. The van der Waals surface area contributed by atoms with Gasteiger partial charge in [0, 0.05) is 28.1 Å². The van der Waals surface area contributed by atoms with E-state index >= 15 is 0 Å². The lowest BCUT2D eigenvalue weighted by Gasteiger charge is -2.04. The molecule has 6 nitrogen and oxygen atoms in total. The van der Waals surface area contributed by atoms with Crippen LogP contribution in [0.3, 0.4) is 0 Å². The molecular weight excluding hydrogens is 338 g/mol. The molecule has 0 radical (unpaired) electrons. The SMILES string of the molecule is Cc1cc(C(=O)NCc2nc(-c3ccccc3)cs2)ccc1[N+](=O)[O-]. The Morgan fingerprint density at radius 3 is 2.68 bits per heavy atom. The largest absolute Gasteiger partial charge is 0.346 e. The van der Waals surface area contributed by atoms with Crippen LogP contribution in [0.4, 0.5) is 5.69 Å². The predicted octanol–water partition coefficient (Wildman–Crippen LogP) is 3.96. The number of hydrogen-bond donors (Lipinski definition) is 1. The Kier molecular flexibility index (Phi) is 4.85. The van der Waals surface area contributed by atoms with Crippen molar-refractivity contribution in [2.45, 2.75) is 13.5 Å². The van der Waals surface area contributed by atoms with Gasteiger partial charge in [-0.1, -0.05) is 30.3 Å². The van der Waals surface area contributed by atoms with Gasteiger partial charge in [-0.2, -0.15) is 0 Å². The van der Waals surface area contributed by atoms with E-state index in [2.05, 4.69) is 10.3 Å². The average molecular weight is 353 g/mol. The second-order valence-corrected chi connectivity index (χ2v) is 6.38. The van der Waals surface area contributed by atoms with Crippen molar-refractivity contribution in [1.82, 2.24) is 10.3 Å². The van der Waals surface area contributed by atoms with E-state index in [9.17, 15) is 14.9 Å². The van der Waals surface area contributed by atoms with E-state index in [1.807, 2.05) is 35.7 Å². The molecule has 1 amide bonds. The van der Waals surface area contributed by atoms with Gasteiger partial charge in [0.05, 0.1) is 17.2 Å². The van der Waals surface area contributed by atoms with E-state index < -0.39 is 4.92 Å². The van der Waals surface area contributed by atoms with Gasteiger partial charge >= 0.3 is 0 Å². The fourth-order valence-electron chi connectivity index (χ4n) is 2.39. The van der Waals surface area contributed by atoms with Crippen LogP contribution in [0, 0.1) is 17.0 Å². The first-order valence-electron chi connectivity index (χ1n) is 7.57. The van der Waals surface area contributed by atoms with E-state index in [4.69, 9.17) is 0 Å². The van der Waals surface area contributed by atoms with Crippen LogP contribution in [0.5, 0.6) is 0 Å². The summed E-state index contributed by atoms with van der Waals surface area (Å²) >= 11 is 1.48. The molecule has 0 saturated heterocycles. The van der Waals surface area contributed by atoms with E-state index in [1.165, 1.54) is 29.5 Å². The van der Waals surface area contributed by atoms with E-state index in [0.29, 0.717) is 17.7 Å². The maximum Gasteiger partial charge on any atom is 0.272 e. The van der Waals surface area contributed by atoms with Gasteiger partial charge in [0.25, 0.3) is 11.6 Å². The van der Waals surface area contributed by atoms with Crippen LogP contribution in [-0.4, -0.2) is 15.8 Å². The van der Waals surface area contributed by atoms with Crippen LogP contribution in [0.1, 0.15) is 20.9 Å². The fourth-order valence-corrected chi connectivity index (χ4v) is 3.14. The summed E-state index contributed by atoms with van der Waals surface area (Å²) in [7, 11) is 0. The molecule has 1 N–H and O–H groups in total. The number of carbonyl (C=O) groups excluding carboxylic acids is 1. The second-order valence-electron chi connectivity index (χ2n) is 5.43. The number of benzene rings is 2. The highest BCUT2D eigenvalue weighted by atomic mass is 32.1. The molecule has 7 heteroatoms. The van der Waals surface area contributed by atoms with E-state index in [-0.39, 0.29) is 11.6 Å². The third-order valence-electron chi connectivity index (χ3n) is 3.68. The number of nitro benzene ring substituents is 1. The normalized spacial score (nSPS) is 10.4. The topological polar surface area (TPSA) is 85.1 Å². The lowest BCUT2D eigenvalue weighted by Crippen LogP contribution is -2.22. The van der Waals surface area contributed by atoms with Gasteiger partial charge in [0.2, 0.25) is 0 Å². The molecule has 3 aromatic rings. The molecule has 0 aliphatic rings. The number of amides is 1. The third-order valence-corrected chi connectivity index (χ3v) is 4.53. The van der Waals surface area contributed by atoms with E-state index in [0.717, 1.165) is 16.3 Å². The zero-order chi connectivity index (χ0) is 17.8. The van der Waals surface area contributed by atoms with E-state index in [1.54, 1.807) is 6.92 Å². The van der Waals surface area contributed by atoms with Crippen molar-refractivity contribution >= 4 is 22.9 Å². The Labute approximate surface area is 148 Å². The number of carbonyl (C=O) groups is 1. The molecule has 0 unspecified atom stereocenters. The molecule has 25 heavy (non-hydrogen) atoms. The lowest BCUT2D eigenvalue weighted by atomic mass is 10.1. The van der Waals surface area contributed by atoms with Crippen molar-refractivity contribution in [2.75, 3.05) is 0 Å². The highest BCUT2D eigenvalue weighted by molar-refractivity contribution is 7.09. The Bertz CT molecular complexity index is 922. The van der Waals surface area contributed by atoms with Crippen LogP contribution in [-0.2, 0) is 6.54 Å². The average Bonchev–Trinajstić information content (AvgIpc) is 3.09. The summed E-state index contributed by atoms with van der Waals surface area (Å²) < 4.78 is 0. The molecule has 1 heterocycles. The van der Waals surface area contributed by atoms with Gasteiger partial charge in [-0.25, -0.2) is 4.98 Å². The quantitative estimate of drug-likeness (QED) is 0.556. The summed E-state index contributed by atoms with van der Waals surface area (Å²) in [5.41, 5.74) is 2.76. The fraction of sp³-hybridized carbons (Fsp3) is 0.111. The standard InChI is InChI=1S/C18H15N3O3S/c1-12-9-14(7-8-16(12)21(23)24)18(22)19-10-17-20-15(11-25-17)13-5-3-2-4-6-13/h2-9,11H,10H2,1H3,(H,19,22). The first-order valence-corrected chi connectivity index (χ1v) is 8.45. The first kappa shape index (κ1) is 16.8. The minimum atomic E-state index is -0.461. The number of rotatable bonds is 5. The lowest BCUT2D eigenvalue weighted by molar-refractivity contribution is -0.385. The number of nitrogens with zero attached hydrogens (tertiary/aromatic N) is 2. The van der Waals surface area contributed by atoms with Crippen molar-refractivity contribution in [3.8, 4) is 11.3 Å². The number of thiazole rings is 1. The van der Waals surface area contributed by atoms with Gasteiger partial charge in [0.1, 0.15) is 5.01 Å². The molecule has 1 aromatic heterocycles. The van der Waals surface area contributed by atoms with Gasteiger partial charge in [-0.3, -0.25) is 14.9 Å². The molecule has 0 spiro atoms. The van der Waals surface area contributed by atoms with Gasteiger partial charge in [-0.05, 0) is 19.1 Å². The van der Waals surface area contributed by atoms with Gasteiger partial charge in [0.15, 0.2) is 0 Å². The molecule has 126 valence electrons. The molecule has 0 aliphatic heterocycles. The van der Waals surface area contributed by atoms with Gasteiger partial charge in [-0.15, -0.1) is 11.3 Å². The third kappa shape index (κ3) is 3.89. The minimum Gasteiger partial charge on any atom is -0.346 e. The number of aryl methyl sites for hydroxylation is 1. The van der Waals surface area contributed by atoms with Crippen molar-refractivity contribution < 1.29 is 9.72 Å². The summed E-state index contributed by atoms with van der Waals surface area (Å²) in [6.45, 7) is 1.92. The summed E-state index contributed by atoms with van der Waals surface area (Å²) in [5, 5.41) is 16.4. The number of aromatic nitrogens is 1. The summed E-state index contributed by atoms with van der Waals surface area (Å²) in [4.78, 5) is 27.1. The van der Waals surface area contributed by atoms with Crippen LogP contribution in [0.25, 0.3) is 11.3 Å². The van der Waals surface area contributed by atoms with Gasteiger partial charge < -0.3 is 5.32 Å². The Morgan fingerprint density at radius 1 is 1.24 bits per heavy atom. The highest BCUT2D eigenvalue weighted by Crippen LogP contribution is 2.22. The number of hydrogen-bond acceptors (Lipinski definition) is 5. The molecule has 0 saturated carbocycles. The second kappa shape index (κ2) is 7.23. The van der Waals surface area contributed by atoms with Crippen molar-refractivity contribution in [3.05, 3.63) is 80.2 Å². The summed E-state index contributed by atoms with van der Waals surface area (Å²) in [5.74, 6) is -0.283. The zero-order valence-corrected chi connectivity index (χ0v) is 14.2. The molecular formula is C18H15N3O3S. The van der Waals surface area contributed by atoms with Crippen LogP contribution >= 0.6 is 11.3 Å². The smallest absolute Gasteiger partial charge is 0.272 e. The summed E-state index contributed by atoms with van der Waals surface area (Å²) in [6, 6.07) is 14.1. The van der Waals surface area contributed by atoms with Crippen LogP contribution < -0.4 is 5.32 Å². The Morgan fingerprint density at radius 2 is 2.00 bits per heavy atom. The molecule has 0 atom stereocenters. The van der Waals surface area contributed by atoms with Crippen molar-refractivity contribution in [3.63, 3.8) is 0 Å². The number of nitrogens with one attached hydrogen (secondary N) is 1. The Hall–Kier alpha value is -3.06. The monoisotopic (exact) mass is 353 g/mol. The molecule has 2 aromatic carbocycles.